The normalized spacial score (nSPS) is 11.6. The third-order valence-electron chi connectivity index (χ3n) is 3.17. The van der Waals surface area contributed by atoms with Gasteiger partial charge in [0.05, 0.1) is 13.2 Å². The molecule has 0 saturated heterocycles. The number of carbonyl (C=O) groups is 2. The summed E-state index contributed by atoms with van der Waals surface area (Å²) in [6.45, 7) is 3.47. The van der Waals surface area contributed by atoms with E-state index in [4.69, 9.17) is 0 Å². The lowest BCUT2D eigenvalue weighted by Crippen LogP contribution is -2.44. The molecule has 0 spiro atoms. The van der Waals surface area contributed by atoms with E-state index < -0.39 is 11.9 Å². The van der Waals surface area contributed by atoms with Crippen molar-refractivity contribution in [3.63, 3.8) is 0 Å². The van der Waals surface area contributed by atoms with Crippen LogP contribution in [-0.2, 0) is 20.7 Å². The zero-order valence-corrected chi connectivity index (χ0v) is 12.6. The summed E-state index contributed by atoms with van der Waals surface area (Å²) in [5, 5.41) is 9.27. The van der Waals surface area contributed by atoms with Crippen molar-refractivity contribution in [2.24, 2.45) is 5.92 Å². The fourth-order valence-corrected chi connectivity index (χ4v) is 1.96. The van der Waals surface area contributed by atoms with Gasteiger partial charge < -0.3 is 9.64 Å². The Kier molecular flexibility index (Phi) is 6.41. The molecular weight excluding hydrogens is 268 g/mol. The Labute approximate surface area is 125 Å². The van der Waals surface area contributed by atoms with E-state index in [0.717, 1.165) is 5.56 Å². The van der Waals surface area contributed by atoms with Gasteiger partial charge in [0.15, 0.2) is 0 Å². The van der Waals surface area contributed by atoms with Gasteiger partial charge in [-0.1, -0.05) is 30.3 Å². The zero-order chi connectivity index (χ0) is 15.8. The summed E-state index contributed by atoms with van der Waals surface area (Å²) >= 11 is 0. The van der Waals surface area contributed by atoms with Crippen LogP contribution in [0.5, 0.6) is 0 Å². The third kappa shape index (κ3) is 4.92. The molecule has 0 saturated carbocycles. The number of esters is 1. The first-order valence-corrected chi connectivity index (χ1v) is 6.80. The maximum atomic E-state index is 12.5. The minimum atomic E-state index is -0.806. The second kappa shape index (κ2) is 8.05. The molecule has 0 fully saturated rings. The average Bonchev–Trinajstić information content (AvgIpc) is 2.50. The lowest BCUT2D eigenvalue weighted by molar-refractivity contribution is -0.149. The minimum Gasteiger partial charge on any atom is -0.468 e. The fourth-order valence-electron chi connectivity index (χ4n) is 1.96. The van der Waals surface area contributed by atoms with E-state index in [-0.39, 0.29) is 18.5 Å². The first-order chi connectivity index (χ1) is 9.99. The molecule has 1 aromatic carbocycles. The molecule has 0 aliphatic heterocycles. The number of carbonyl (C=O) groups excluding carboxylic acids is 2. The molecule has 1 aromatic rings. The average molecular weight is 288 g/mol. The summed E-state index contributed by atoms with van der Waals surface area (Å²) in [6.07, 6.45) is 0.334. The largest absolute Gasteiger partial charge is 0.468 e. The van der Waals surface area contributed by atoms with E-state index in [0.29, 0.717) is 6.42 Å². The van der Waals surface area contributed by atoms with E-state index in [1.807, 2.05) is 36.4 Å². The summed E-state index contributed by atoms with van der Waals surface area (Å²) in [4.78, 5) is 25.2. The molecule has 5 heteroatoms. The van der Waals surface area contributed by atoms with E-state index in [1.54, 1.807) is 13.8 Å². The third-order valence-corrected chi connectivity index (χ3v) is 3.17. The van der Waals surface area contributed by atoms with Gasteiger partial charge >= 0.3 is 5.97 Å². The Morgan fingerprint density at radius 2 is 1.90 bits per heavy atom. The summed E-state index contributed by atoms with van der Waals surface area (Å²) in [7, 11) is 1.27. The number of hydrogen-bond acceptors (Lipinski definition) is 4. The second-order valence-corrected chi connectivity index (χ2v) is 5.01. The highest BCUT2D eigenvalue weighted by atomic mass is 16.5. The quantitative estimate of drug-likeness (QED) is 0.748. The maximum absolute atomic E-state index is 12.5. The van der Waals surface area contributed by atoms with Crippen molar-refractivity contribution in [1.82, 2.24) is 4.90 Å². The lowest BCUT2D eigenvalue weighted by atomic mass is 9.98. The zero-order valence-electron chi connectivity index (χ0n) is 12.6. The number of methoxy groups -OCH3 is 1. The summed E-state index contributed by atoms with van der Waals surface area (Å²) < 4.78 is 4.60. The van der Waals surface area contributed by atoms with Gasteiger partial charge in [-0.15, -0.1) is 0 Å². The summed E-state index contributed by atoms with van der Waals surface area (Å²) in [5.41, 5.74) is 0.916. The molecule has 1 atom stereocenters. The van der Waals surface area contributed by atoms with Gasteiger partial charge in [0, 0.05) is 6.04 Å². The molecule has 1 rings (SSSR count). The van der Waals surface area contributed by atoms with Crippen LogP contribution in [0.4, 0.5) is 0 Å². The smallest absolute Gasteiger partial charge is 0.325 e. The number of amides is 1. The Morgan fingerprint density at radius 3 is 2.38 bits per heavy atom. The number of benzene rings is 1. The highest BCUT2D eigenvalue weighted by Crippen LogP contribution is 2.13. The van der Waals surface area contributed by atoms with Gasteiger partial charge in [-0.05, 0) is 25.8 Å². The van der Waals surface area contributed by atoms with Crippen LogP contribution in [0.15, 0.2) is 30.3 Å². The van der Waals surface area contributed by atoms with Crippen molar-refractivity contribution in [2.45, 2.75) is 26.3 Å². The monoisotopic (exact) mass is 288 g/mol. The molecule has 1 amide bonds. The maximum Gasteiger partial charge on any atom is 0.325 e. The van der Waals surface area contributed by atoms with Gasteiger partial charge in [0.25, 0.3) is 0 Å². The highest BCUT2D eigenvalue weighted by molar-refractivity contribution is 5.85. The number of rotatable bonds is 6. The fraction of sp³-hybridized carbons (Fsp3) is 0.438. The Morgan fingerprint density at radius 1 is 1.29 bits per heavy atom. The number of nitriles is 1. The predicted molar refractivity (Wildman–Crippen MR) is 78.1 cm³/mol. The topological polar surface area (TPSA) is 70.4 Å². The molecule has 112 valence electrons. The van der Waals surface area contributed by atoms with Gasteiger partial charge in [0.2, 0.25) is 5.91 Å². The van der Waals surface area contributed by atoms with Crippen molar-refractivity contribution < 1.29 is 14.3 Å². The Bertz CT molecular complexity index is 520. The van der Waals surface area contributed by atoms with Gasteiger partial charge in [-0.2, -0.15) is 5.26 Å². The van der Waals surface area contributed by atoms with Crippen LogP contribution in [0.25, 0.3) is 0 Å². The van der Waals surface area contributed by atoms with Crippen LogP contribution in [0.2, 0.25) is 0 Å². The van der Waals surface area contributed by atoms with Crippen molar-refractivity contribution in [3.8, 4) is 6.07 Å². The van der Waals surface area contributed by atoms with Crippen LogP contribution >= 0.6 is 0 Å². The Hall–Kier alpha value is -2.35. The first kappa shape index (κ1) is 16.7. The van der Waals surface area contributed by atoms with Crippen molar-refractivity contribution >= 4 is 11.9 Å². The second-order valence-electron chi connectivity index (χ2n) is 5.01. The number of ether oxygens (including phenoxy) is 1. The molecule has 0 aliphatic carbocycles. The van der Waals surface area contributed by atoms with E-state index in [9.17, 15) is 14.9 Å². The molecular formula is C16H20N2O3. The lowest BCUT2D eigenvalue weighted by Gasteiger charge is -2.27. The van der Waals surface area contributed by atoms with E-state index in [1.165, 1.54) is 12.0 Å². The standard InChI is InChI=1S/C16H20N2O3/c1-12(2)18(11-15(19)21-3)16(20)14(10-17)9-13-7-5-4-6-8-13/h4-8,12,14H,9,11H2,1-3H3. The van der Waals surface area contributed by atoms with E-state index >= 15 is 0 Å². The summed E-state index contributed by atoms with van der Waals surface area (Å²) in [6, 6.07) is 11.2. The minimum absolute atomic E-state index is 0.139. The molecule has 0 aliphatic rings. The molecule has 0 aromatic heterocycles. The van der Waals surface area contributed by atoms with Crippen LogP contribution in [0.3, 0.4) is 0 Å². The molecule has 0 heterocycles. The van der Waals surface area contributed by atoms with Gasteiger partial charge in [-0.25, -0.2) is 0 Å². The molecule has 5 nitrogen and oxygen atoms in total. The van der Waals surface area contributed by atoms with Gasteiger partial charge in [0.1, 0.15) is 12.5 Å². The van der Waals surface area contributed by atoms with Crippen molar-refractivity contribution in [1.29, 1.82) is 5.26 Å². The molecule has 0 radical (unpaired) electrons. The van der Waals surface area contributed by atoms with Crippen molar-refractivity contribution in [3.05, 3.63) is 35.9 Å². The Balaban J connectivity index is 2.84. The van der Waals surface area contributed by atoms with E-state index in [2.05, 4.69) is 4.74 Å². The SMILES string of the molecule is COC(=O)CN(C(=O)C(C#N)Cc1ccccc1)C(C)C. The molecule has 0 bridgehead atoms. The van der Waals surface area contributed by atoms with Gasteiger partial charge in [-0.3, -0.25) is 9.59 Å². The van der Waals surface area contributed by atoms with Crippen LogP contribution in [0.1, 0.15) is 19.4 Å². The molecule has 21 heavy (non-hydrogen) atoms. The van der Waals surface area contributed by atoms with Crippen LogP contribution in [-0.4, -0.2) is 36.5 Å². The number of nitrogens with zero attached hydrogens (tertiary/aromatic N) is 2. The van der Waals surface area contributed by atoms with Crippen LogP contribution < -0.4 is 0 Å². The molecule has 0 N–H and O–H groups in total. The first-order valence-electron chi connectivity index (χ1n) is 6.80. The summed E-state index contributed by atoms with van der Waals surface area (Å²) in [5.74, 6) is -1.64. The van der Waals surface area contributed by atoms with Crippen LogP contribution in [0, 0.1) is 17.2 Å². The van der Waals surface area contributed by atoms with Crippen molar-refractivity contribution in [2.75, 3.05) is 13.7 Å². The predicted octanol–water partition coefficient (Wildman–Crippen LogP) is 1.78. The highest BCUT2D eigenvalue weighted by Gasteiger charge is 2.28. The molecule has 1 unspecified atom stereocenters. The number of hydrogen-bond donors (Lipinski definition) is 0.